The molecule has 6 heteroatoms. The van der Waals surface area contributed by atoms with Crippen molar-refractivity contribution in [3.8, 4) is 0 Å². The number of hydrogen-bond acceptors (Lipinski definition) is 4. The third kappa shape index (κ3) is 3.62. The highest BCUT2D eigenvalue weighted by atomic mass is 79.9. The van der Waals surface area contributed by atoms with Gasteiger partial charge in [-0.3, -0.25) is 19.4 Å². The summed E-state index contributed by atoms with van der Waals surface area (Å²) in [6.07, 6.45) is 5.31. The summed E-state index contributed by atoms with van der Waals surface area (Å²) >= 11 is 4.41. The van der Waals surface area contributed by atoms with Crippen LogP contribution in [0.2, 0.25) is 0 Å². The smallest absolute Gasteiger partial charge is 0.286 e. The topological polar surface area (TPSA) is 40.6 Å². The Kier molecular flexibility index (Phi) is 5.00. The van der Waals surface area contributed by atoms with E-state index in [1.54, 1.807) is 6.08 Å². The van der Waals surface area contributed by atoms with Crippen LogP contribution in [-0.2, 0) is 4.79 Å². The number of imide groups is 1. The molecule has 0 atom stereocenters. The van der Waals surface area contributed by atoms with Crippen LogP contribution in [0.4, 0.5) is 4.79 Å². The van der Waals surface area contributed by atoms with Gasteiger partial charge in [-0.05, 0) is 61.5 Å². The summed E-state index contributed by atoms with van der Waals surface area (Å²) in [5.41, 5.74) is 0.923. The first-order valence-corrected chi connectivity index (χ1v) is 8.98. The van der Waals surface area contributed by atoms with E-state index >= 15 is 0 Å². The van der Waals surface area contributed by atoms with Crippen molar-refractivity contribution in [3.63, 3.8) is 0 Å². The first kappa shape index (κ1) is 15.8. The number of amides is 2. The third-order valence-electron chi connectivity index (χ3n) is 3.83. The number of nitrogens with zero attached hydrogens (tertiary/aromatic N) is 2. The minimum atomic E-state index is -0.177. The number of halogens is 1. The second-order valence-corrected chi connectivity index (χ2v) is 7.39. The number of rotatable bonds is 3. The lowest BCUT2D eigenvalue weighted by atomic mass is 10.1. The lowest BCUT2D eigenvalue weighted by Crippen LogP contribution is -2.42. The summed E-state index contributed by atoms with van der Waals surface area (Å²) < 4.78 is 0.989. The Morgan fingerprint density at radius 1 is 1.09 bits per heavy atom. The highest BCUT2D eigenvalue weighted by Crippen LogP contribution is 2.32. The molecule has 2 saturated heterocycles. The zero-order valence-electron chi connectivity index (χ0n) is 12.1. The Morgan fingerprint density at radius 3 is 2.45 bits per heavy atom. The first-order valence-electron chi connectivity index (χ1n) is 7.37. The maximum Gasteiger partial charge on any atom is 0.294 e. The van der Waals surface area contributed by atoms with Crippen LogP contribution in [-0.4, -0.2) is 40.7 Å². The van der Waals surface area contributed by atoms with Gasteiger partial charge in [0.15, 0.2) is 0 Å². The van der Waals surface area contributed by atoms with E-state index in [1.807, 2.05) is 24.3 Å². The second-order valence-electron chi connectivity index (χ2n) is 5.48. The van der Waals surface area contributed by atoms with E-state index in [2.05, 4.69) is 20.8 Å². The van der Waals surface area contributed by atoms with Crippen molar-refractivity contribution in [1.82, 2.24) is 9.80 Å². The molecule has 1 aromatic carbocycles. The molecular weight excluding hydrogens is 364 g/mol. The van der Waals surface area contributed by atoms with Crippen LogP contribution in [0, 0.1) is 0 Å². The molecule has 2 heterocycles. The van der Waals surface area contributed by atoms with E-state index < -0.39 is 0 Å². The predicted molar refractivity (Wildman–Crippen MR) is 92.2 cm³/mol. The number of benzene rings is 1. The van der Waals surface area contributed by atoms with Crippen molar-refractivity contribution in [3.05, 3.63) is 39.2 Å². The van der Waals surface area contributed by atoms with E-state index in [9.17, 15) is 9.59 Å². The summed E-state index contributed by atoms with van der Waals surface area (Å²) in [5.74, 6) is -0.177. The Morgan fingerprint density at radius 2 is 1.77 bits per heavy atom. The summed E-state index contributed by atoms with van der Waals surface area (Å²) in [4.78, 5) is 28.6. The van der Waals surface area contributed by atoms with Crippen LogP contribution in [0.5, 0.6) is 0 Å². The van der Waals surface area contributed by atoms with E-state index in [1.165, 1.54) is 11.3 Å². The fourth-order valence-electron chi connectivity index (χ4n) is 2.63. The van der Waals surface area contributed by atoms with E-state index in [-0.39, 0.29) is 11.1 Å². The van der Waals surface area contributed by atoms with Gasteiger partial charge in [-0.25, -0.2) is 0 Å². The molecule has 1 aromatic rings. The molecule has 0 unspecified atom stereocenters. The molecule has 3 rings (SSSR count). The van der Waals surface area contributed by atoms with Crippen LogP contribution in [0.3, 0.4) is 0 Å². The molecule has 116 valence electrons. The monoisotopic (exact) mass is 380 g/mol. The number of likely N-dealkylation sites (tertiary alicyclic amines) is 1. The summed E-state index contributed by atoms with van der Waals surface area (Å²) in [5, 5.41) is -0.168. The standard InChI is InChI=1S/C16H17BrN2O2S/c17-13-6-4-12(5-7-13)10-14-15(20)19(16(21)22-14)11-18-8-2-1-3-9-18/h4-7,10H,1-3,8-9,11H2/b14-10-. The van der Waals surface area contributed by atoms with Crippen LogP contribution < -0.4 is 0 Å². The van der Waals surface area contributed by atoms with Crippen LogP contribution in [0.15, 0.2) is 33.6 Å². The summed E-state index contributed by atoms with van der Waals surface area (Å²) in [6, 6.07) is 7.68. The lowest BCUT2D eigenvalue weighted by Gasteiger charge is -2.29. The quantitative estimate of drug-likeness (QED) is 0.744. The highest BCUT2D eigenvalue weighted by Gasteiger charge is 2.36. The van der Waals surface area contributed by atoms with Crippen molar-refractivity contribution in [1.29, 1.82) is 0 Å². The fraction of sp³-hybridized carbons (Fsp3) is 0.375. The Balaban J connectivity index is 1.71. The fourth-order valence-corrected chi connectivity index (χ4v) is 3.73. The minimum Gasteiger partial charge on any atom is -0.286 e. The molecular formula is C16H17BrN2O2S. The zero-order chi connectivity index (χ0) is 15.5. The average Bonchev–Trinajstić information content (AvgIpc) is 2.78. The molecule has 2 aliphatic rings. The third-order valence-corrected chi connectivity index (χ3v) is 5.27. The molecule has 2 aliphatic heterocycles. The van der Waals surface area contributed by atoms with Gasteiger partial charge in [0.2, 0.25) is 0 Å². The van der Waals surface area contributed by atoms with Gasteiger partial charge in [-0.15, -0.1) is 0 Å². The van der Waals surface area contributed by atoms with Gasteiger partial charge in [-0.2, -0.15) is 0 Å². The van der Waals surface area contributed by atoms with Gasteiger partial charge in [-0.1, -0.05) is 34.5 Å². The second kappa shape index (κ2) is 6.98. The SMILES string of the molecule is O=C1S/C(=C\c2ccc(Br)cc2)C(=O)N1CN1CCCCC1. The molecule has 2 amide bonds. The molecule has 0 N–H and O–H groups in total. The minimum absolute atomic E-state index is 0.168. The largest absolute Gasteiger partial charge is 0.294 e. The molecule has 0 aliphatic carbocycles. The van der Waals surface area contributed by atoms with Gasteiger partial charge in [0.05, 0.1) is 11.6 Å². The summed E-state index contributed by atoms with van der Waals surface area (Å²) in [6.45, 7) is 2.35. The number of thioether (sulfide) groups is 1. The van der Waals surface area contributed by atoms with Crippen LogP contribution in [0.1, 0.15) is 24.8 Å². The Hall–Kier alpha value is -1.11. The Bertz CT molecular complexity index is 609. The van der Waals surface area contributed by atoms with Gasteiger partial charge < -0.3 is 0 Å². The van der Waals surface area contributed by atoms with Gasteiger partial charge in [0.1, 0.15) is 0 Å². The van der Waals surface area contributed by atoms with Crippen molar-refractivity contribution >= 4 is 44.9 Å². The van der Waals surface area contributed by atoms with E-state index in [0.717, 1.165) is 47.7 Å². The maximum atomic E-state index is 12.4. The Labute approximate surface area is 142 Å². The van der Waals surface area contributed by atoms with Crippen LogP contribution >= 0.6 is 27.7 Å². The van der Waals surface area contributed by atoms with Crippen molar-refractivity contribution in [2.24, 2.45) is 0 Å². The van der Waals surface area contributed by atoms with Crippen molar-refractivity contribution in [2.75, 3.05) is 19.8 Å². The molecule has 0 spiro atoms. The van der Waals surface area contributed by atoms with Gasteiger partial charge >= 0.3 is 0 Å². The highest BCUT2D eigenvalue weighted by molar-refractivity contribution is 9.10. The van der Waals surface area contributed by atoms with Gasteiger partial charge in [0, 0.05) is 4.47 Å². The zero-order valence-corrected chi connectivity index (χ0v) is 14.5. The normalized spacial score (nSPS) is 21.9. The van der Waals surface area contributed by atoms with E-state index in [4.69, 9.17) is 0 Å². The number of hydrogen-bond donors (Lipinski definition) is 0. The number of carbonyl (C=O) groups excluding carboxylic acids is 2. The summed E-state index contributed by atoms with van der Waals surface area (Å²) in [7, 11) is 0. The molecule has 2 fully saturated rings. The first-order chi connectivity index (χ1) is 10.6. The van der Waals surface area contributed by atoms with Crippen molar-refractivity contribution in [2.45, 2.75) is 19.3 Å². The van der Waals surface area contributed by atoms with Crippen LogP contribution in [0.25, 0.3) is 6.08 Å². The molecule has 0 bridgehead atoms. The van der Waals surface area contributed by atoms with Crippen molar-refractivity contribution < 1.29 is 9.59 Å². The molecule has 4 nitrogen and oxygen atoms in total. The number of carbonyl (C=O) groups is 2. The average molecular weight is 381 g/mol. The predicted octanol–water partition coefficient (Wildman–Crippen LogP) is 3.93. The molecule has 0 saturated carbocycles. The maximum absolute atomic E-state index is 12.4. The molecule has 22 heavy (non-hydrogen) atoms. The number of piperidine rings is 1. The molecule has 0 aromatic heterocycles. The van der Waals surface area contributed by atoms with E-state index in [0.29, 0.717) is 11.6 Å². The molecule has 0 radical (unpaired) electrons. The lowest BCUT2D eigenvalue weighted by molar-refractivity contribution is -0.124. The van der Waals surface area contributed by atoms with Gasteiger partial charge in [0.25, 0.3) is 11.1 Å².